The van der Waals surface area contributed by atoms with Crippen LogP contribution in [0.1, 0.15) is 34.6 Å². The average molecular weight is 544 g/mol. The minimum Gasteiger partial charge on any atom is -0.363 e. The van der Waals surface area contributed by atoms with Crippen LogP contribution in [0.2, 0.25) is 0 Å². The van der Waals surface area contributed by atoms with Crippen molar-refractivity contribution in [2.75, 3.05) is 10.6 Å². The molecule has 5 nitrogen and oxygen atoms in total. The van der Waals surface area contributed by atoms with Crippen molar-refractivity contribution in [3.63, 3.8) is 0 Å². The lowest BCUT2D eigenvalue weighted by atomic mass is 9.97. The fourth-order valence-electron chi connectivity index (χ4n) is 3.33. The summed E-state index contributed by atoms with van der Waals surface area (Å²) >= 11 is 6.63. The summed E-state index contributed by atoms with van der Waals surface area (Å²) in [6.45, 7) is 0. The van der Waals surface area contributed by atoms with Crippen molar-refractivity contribution in [2.24, 2.45) is 0 Å². The first-order valence-electron chi connectivity index (χ1n) is 8.96. The molecule has 0 fully saturated rings. The van der Waals surface area contributed by atoms with Crippen molar-refractivity contribution in [3.05, 3.63) is 74.8 Å². The highest BCUT2D eigenvalue weighted by atomic mass is 79.9. The average Bonchev–Trinajstić information content (AvgIpc) is 3.13. The monoisotopic (exact) mass is 542 g/mol. The molecule has 0 bridgehead atoms. The van der Waals surface area contributed by atoms with Gasteiger partial charge in [-0.05, 0) is 42.0 Å². The molecule has 0 unspecified atom stereocenters. The Labute approximate surface area is 186 Å². The largest absolute Gasteiger partial charge is 0.410 e. The second-order valence-corrected chi connectivity index (χ2v) is 8.69. The van der Waals surface area contributed by atoms with Crippen molar-refractivity contribution in [2.45, 2.75) is 24.7 Å². The van der Waals surface area contributed by atoms with Gasteiger partial charge in [-0.1, -0.05) is 44.0 Å². The number of hydrogen-bond acceptors (Lipinski definition) is 3. The molecule has 0 saturated carbocycles. The molecule has 0 radical (unpaired) electrons. The minimum atomic E-state index is -4.50. The molecular weight excluding hydrogens is 529 g/mol. The van der Waals surface area contributed by atoms with E-state index >= 15 is 0 Å². The Morgan fingerprint density at radius 1 is 1.07 bits per heavy atom. The van der Waals surface area contributed by atoms with Gasteiger partial charge in [0.15, 0.2) is 11.7 Å². The molecule has 2 heterocycles. The van der Waals surface area contributed by atoms with E-state index in [1.54, 1.807) is 48.5 Å². The molecule has 1 aromatic heterocycles. The molecule has 2 atom stereocenters. The van der Waals surface area contributed by atoms with Crippen LogP contribution in [-0.4, -0.2) is 21.9 Å². The van der Waals surface area contributed by atoms with Gasteiger partial charge >= 0.3 is 6.18 Å². The van der Waals surface area contributed by atoms with Crippen molar-refractivity contribution < 1.29 is 18.0 Å². The number of rotatable bonds is 3. The summed E-state index contributed by atoms with van der Waals surface area (Å²) in [5.74, 6) is -0.431. The van der Waals surface area contributed by atoms with E-state index in [4.69, 9.17) is 0 Å². The fraction of sp³-hybridized carbons (Fsp3) is 0.200. The molecule has 4 rings (SSSR count). The number of nitrogens with one attached hydrogen (secondary N) is 2. The summed E-state index contributed by atoms with van der Waals surface area (Å²) in [5, 5.41) is 9.69. The fourth-order valence-corrected chi connectivity index (χ4v) is 3.86. The van der Waals surface area contributed by atoms with Crippen LogP contribution in [0.15, 0.2) is 63.5 Å². The van der Waals surface area contributed by atoms with Crippen LogP contribution in [0, 0.1) is 0 Å². The molecule has 1 aliphatic rings. The van der Waals surface area contributed by atoms with Gasteiger partial charge in [-0.2, -0.15) is 18.3 Å². The minimum absolute atomic E-state index is 0.0916. The predicted octanol–water partition coefficient (Wildman–Crippen LogP) is 6.32. The number of aromatic nitrogens is 2. The van der Waals surface area contributed by atoms with Crippen LogP contribution in [0.5, 0.6) is 0 Å². The van der Waals surface area contributed by atoms with E-state index < -0.39 is 24.2 Å². The number of carbonyl (C=O) groups excluding carboxylic acids is 1. The topological polar surface area (TPSA) is 59.0 Å². The maximum atomic E-state index is 13.8. The van der Waals surface area contributed by atoms with Crippen molar-refractivity contribution in [1.82, 2.24) is 9.78 Å². The number of fused-ring (bicyclic) bond motifs is 1. The maximum absolute atomic E-state index is 13.8. The van der Waals surface area contributed by atoms with E-state index in [2.05, 4.69) is 47.6 Å². The van der Waals surface area contributed by atoms with Crippen LogP contribution < -0.4 is 10.6 Å². The van der Waals surface area contributed by atoms with Crippen molar-refractivity contribution >= 4 is 49.3 Å². The van der Waals surface area contributed by atoms with Gasteiger partial charge in [0.2, 0.25) is 0 Å². The highest BCUT2D eigenvalue weighted by Gasteiger charge is 2.46. The number of halogens is 5. The van der Waals surface area contributed by atoms with Crippen molar-refractivity contribution in [1.29, 1.82) is 0 Å². The first-order chi connectivity index (χ1) is 14.2. The van der Waals surface area contributed by atoms with Crippen molar-refractivity contribution in [3.8, 4) is 0 Å². The molecule has 30 heavy (non-hydrogen) atoms. The van der Waals surface area contributed by atoms with Crippen LogP contribution in [-0.2, 0) is 0 Å². The second-order valence-electron chi connectivity index (χ2n) is 6.86. The maximum Gasteiger partial charge on any atom is 0.410 e. The van der Waals surface area contributed by atoms with Gasteiger partial charge in [-0.25, -0.2) is 4.68 Å². The Morgan fingerprint density at radius 3 is 2.27 bits per heavy atom. The quantitative estimate of drug-likeness (QED) is 0.406. The number of amides is 1. The summed E-state index contributed by atoms with van der Waals surface area (Å²) in [7, 11) is 0. The Kier molecular flexibility index (Phi) is 5.63. The van der Waals surface area contributed by atoms with E-state index in [0.717, 1.165) is 19.2 Å². The molecule has 1 amide bonds. The molecule has 2 aromatic carbocycles. The van der Waals surface area contributed by atoms with E-state index in [-0.39, 0.29) is 17.9 Å². The number of alkyl halides is 3. The molecule has 3 aromatic rings. The van der Waals surface area contributed by atoms with Gasteiger partial charge in [0.25, 0.3) is 5.91 Å². The SMILES string of the molecule is O=C(Nc1ccc(Br)cc1)c1cc2n(n1)[C@H](C(F)(F)F)C[C@H](c1ccc(Br)cc1)N2. The van der Waals surface area contributed by atoms with Gasteiger partial charge < -0.3 is 10.6 Å². The van der Waals surface area contributed by atoms with E-state index in [1.165, 1.54) is 6.07 Å². The molecule has 1 aliphatic heterocycles. The molecule has 0 aliphatic carbocycles. The lowest BCUT2D eigenvalue weighted by Gasteiger charge is -2.33. The van der Waals surface area contributed by atoms with Gasteiger partial charge in [-0.15, -0.1) is 0 Å². The molecule has 156 valence electrons. The Bertz CT molecular complexity index is 1070. The smallest absolute Gasteiger partial charge is 0.363 e. The zero-order chi connectivity index (χ0) is 21.5. The lowest BCUT2D eigenvalue weighted by molar-refractivity contribution is -0.173. The standard InChI is InChI=1S/C20H15Br2F3N4O/c21-12-3-1-11(2-4-12)15-9-17(20(23,24)25)29-18(27-15)10-16(28-29)19(30)26-14-7-5-13(22)6-8-14/h1-8,10,15,17,27H,9H2,(H,26,30)/t15-,17+/m1/s1. The van der Waals surface area contributed by atoms with E-state index in [9.17, 15) is 18.0 Å². The third-order valence-corrected chi connectivity index (χ3v) is 5.85. The Morgan fingerprint density at radius 2 is 1.67 bits per heavy atom. The number of benzene rings is 2. The summed E-state index contributed by atoms with van der Waals surface area (Å²) in [4.78, 5) is 12.5. The zero-order valence-electron chi connectivity index (χ0n) is 15.3. The van der Waals surface area contributed by atoms with E-state index in [1.807, 2.05) is 0 Å². The third kappa shape index (κ3) is 4.39. The van der Waals surface area contributed by atoms with Gasteiger partial charge in [0, 0.05) is 27.1 Å². The van der Waals surface area contributed by atoms with Crippen LogP contribution in [0.3, 0.4) is 0 Å². The highest BCUT2D eigenvalue weighted by molar-refractivity contribution is 9.10. The third-order valence-electron chi connectivity index (χ3n) is 4.80. The first kappa shape index (κ1) is 20.9. The number of hydrogen-bond donors (Lipinski definition) is 2. The summed E-state index contributed by atoms with van der Waals surface area (Å²) in [5.41, 5.74) is 1.15. The van der Waals surface area contributed by atoms with Crippen LogP contribution in [0.4, 0.5) is 24.7 Å². The molecule has 0 saturated heterocycles. The summed E-state index contributed by atoms with van der Waals surface area (Å²) < 4.78 is 43.8. The summed E-state index contributed by atoms with van der Waals surface area (Å²) in [6.07, 6.45) is -4.73. The number of carbonyl (C=O) groups is 1. The summed E-state index contributed by atoms with van der Waals surface area (Å²) in [6, 6.07) is 12.9. The molecule has 10 heteroatoms. The van der Waals surface area contributed by atoms with Gasteiger partial charge in [0.1, 0.15) is 5.82 Å². The van der Waals surface area contributed by atoms with Crippen LogP contribution in [0.25, 0.3) is 0 Å². The second kappa shape index (κ2) is 8.07. The Hall–Kier alpha value is -2.33. The zero-order valence-corrected chi connectivity index (χ0v) is 18.4. The van der Waals surface area contributed by atoms with Gasteiger partial charge in [0.05, 0.1) is 6.04 Å². The molecular formula is C20H15Br2F3N4O. The number of nitrogens with zero attached hydrogens (tertiary/aromatic N) is 2. The van der Waals surface area contributed by atoms with Crippen LogP contribution >= 0.6 is 31.9 Å². The highest BCUT2D eigenvalue weighted by Crippen LogP contribution is 2.43. The molecule has 2 N–H and O–H groups in total. The predicted molar refractivity (Wildman–Crippen MR) is 115 cm³/mol. The Balaban J connectivity index is 1.63. The lowest BCUT2D eigenvalue weighted by Crippen LogP contribution is -2.35. The van der Waals surface area contributed by atoms with Gasteiger partial charge in [-0.3, -0.25) is 4.79 Å². The first-order valence-corrected chi connectivity index (χ1v) is 10.5. The molecule has 0 spiro atoms. The van der Waals surface area contributed by atoms with E-state index in [0.29, 0.717) is 5.69 Å². The normalized spacial score (nSPS) is 18.4. The number of anilines is 2.